The summed E-state index contributed by atoms with van der Waals surface area (Å²) in [6.07, 6.45) is 1.85. The summed E-state index contributed by atoms with van der Waals surface area (Å²) < 4.78 is 13.2. The van der Waals surface area contributed by atoms with Crippen LogP contribution < -0.4 is 10.2 Å². The molecule has 0 spiro atoms. The lowest BCUT2D eigenvalue weighted by Gasteiger charge is -2.14. The Labute approximate surface area is 154 Å². The van der Waals surface area contributed by atoms with Gasteiger partial charge in [0, 0.05) is 11.2 Å². The van der Waals surface area contributed by atoms with Crippen molar-refractivity contribution in [1.82, 2.24) is 14.8 Å². The van der Waals surface area contributed by atoms with Crippen LogP contribution in [0.1, 0.15) is 17.0 Å². The van der Waals surface area contributed by atoms with Crippen LogP contribution in [0.15, 0.2) is 47.7 Å². The second kappa shape index (κ2) is 6.68. The molecule has 0 bridgehead atoms. The molecule has 0 unspecified atom stereocenters. The summed E-state index contributed by atoms with van der Waals surface area (Å²) in [4.78, 5) is 15.8. The van der Waals surface area contributed by atoms with Gasteiger partial charge in [-0.25, -0.2) is 10.4 Å². The number of hydrogen-bond donors (Lipinski definition) is 1. The van der Waals surface area contributed by atoms with Gasteiger partial charge in [0.05, 0.1) is 5.69 Å². The molecule has 1 aliphatic rings. The third kappa shape index (κ3) is 3.09. The van der Waals surface area contributed by atoms with Crippen LogP contribution in [0.5, 0.6) is 5.75 Å². The smallest absolute Gasteiger partial charge is 0.278 e. The molecule has 26 heavy (non-hydrogen) atoms. The maximum atomic E-state index is 11.2. The lowest BCUT2D eigenvalue weighted by Crippen LogP contribution is -2.32. The molecule has 4 rings (SSSR count). The van der Waals surface area contributed by atoms with Crippen molar-refractivity contribution in [2.75, 3.05) is 6.61 Å². The summed E-state index contributed by atoms with van der Waals surface area (Å²) in [5, 5.41) is 4.66. The molecule has 0 atom stereocenters. The maximum absolute atomic E-state index is 11.2. The van der Waals surface area contributed by atoms with Gasteiger partial charge in [0.2, 0.25) is 0 Å². The van der Waals surface area contributed by atoms with E-state index in [9.17, 15) is 4.79 Å². The van der Waals surface area contributed by atoms with E-state index in [4.69, 9.17) is 21.1 Å². The molecule has 8 heteroatoms. The Balaban J connectivity index is 1.66. The summed E-state index contributed by atoms with van der Waals surface area (Å²) in [7, 11) is 0. The normalized spacial score (nSPS) is 13.9. The van der Waals surface area contributed by atoms with E-state index >= 15 is 0 Å². The summed E-state index contributed by atoms with van der Waals surface area (Å²) in [6, 6.07) is 11.2. The van der Waals surface area contributed by atoms with Gasteiger partial charge in [-0.15, -0.1) is 5.10 Å². The minimum Gasteiger partial charge on any atom is -0.485 e. The van der Waals surface area contributed by atoms with Crippen LogP contribution in [-0.2, 0) is 16.1 Å². The lowest BCUT2D eigenvalue weighted by molar-refractivity contribution is -0.124. The van der Waals surface area contributed by atoms with E-state index in [0.29, 0.717) is 34.6 Å². The number of fused-ring (bicyclic) bond motifs is 1. The minimum atomic E-state index is -0.285. The van der Waals surface area contributed by atoms with Crippen molar-refractivity contribution in [3.05, 3.63) is 64.6 Å². The zero-order valence-electron chi connectivity index (χ0n) is 13.9. The zero-order chi connectivity index (χ0) is 18.1. The van der Waals surface area contributed by atoms with E-state index < -0.39 is 0 Å². The van der Waals surface area contributed by atoms with Crippen LogP contribution in [0, 0.1) is 6.92 Å². The molecule has 0 aliphatic carbocycles. The molecule has 1 N–H and O–H groups in total. The second-order valence-corrected chi connectivity index (χ2v) is 6.20. The third-order valence-electron chi connectivity index (χ3n) is 3.92. The number of carbonyl (C=O) groups is 1. The highest BCUT2D eigenvalue weighted by atomic mass is 35.5. The first-order valence-electron chi connectivity index (χ1n) is 7.96. The molecule has 1 aromatic carbocycles. The maximum Gasteiger partial charge on any atom is 0.278 e. The Kier molecular flexibility index (Phi) is 4.22. The number of hydrazone groups is 1. The van der Waals surface area contributed by atoms with Crippen LogP contribution >= 0.6 is 11.6 Å². The summed E-state index contributed by atoms with van der Waals surface area (Å²) in [5.41, 5.74) is 5.47. The number of imidazole rings is 1. The van der Waals surface area contributed by atoms with Gasteiger partial charge in [-0.3, -0.25) is 9.20 Å². The lowest BCUT2D eigenvalue weighted by atomic mass is 10.2. The van der Waals surface area contributed by atoms with Gasteiger partial charge in [0.15, 0.2) is 18.0 Å². The highest BCUT2D eigenvalue weighted by molar-refractivity contribution is 6.30. The first kappa shape index (κ1) is 16.4. The topological polar surface area (TPSA) is 77.2 Å². The molecule has 1 amide bonds. The van der Waals surface area contributed by atoms with Crippen molar-refractivity contribution in [1.29, 1.82) is 0 Å². The first-order valence-corrected chi connectivity index (χ1v) is 8.34. The molecule has 132 valence electrons. The first-order chi connectivity index (χ1) is 12.6. The quantitative estimate of drug-likeness (QED) is 0.766. The highest BCUT2D eigenvalue weighted by Gasteiger charge is 2.22. The predicted molar refractivity (Wildman–Crippen MR) is 96.3 cm³/mol. The molecular weight excluding hydrogens is 356 g/mol. The molecule has 0 radical (unpaired) electrons. The standard InChI is InChI=1S/C18H15ClN4O3/c1-11-16(18-22-21-15(24)10-26-18)23-8-2-3-14(17(23)20-11)25-9-12-4-6-13(19)7-5-12/h2-8H,9-10H2,1H3,(H,21,24). The average Bonchev–Trinajstić information content (AvgIpc) is 2.98. The molecule has 3 aromatic rings. The summed E-state index contributed by atoms with van der Waals surface area (Å²) in [5.74, 6) is 0.675. The van der Waals surface area contributed by atoms with Crippen molar-refractivity contribution in [3.8, 4) is 5.75 Å². The molecule has 1 aliphatic heterocycles. The minimum absolute atomic E-state index is 0.0712. The van der Waals surface area contributed by atoms with E-state index in [0.717, 1.165) is 11.3 Å². The van der Waals surface area contributed by atoms with Gasteiger partial charge in [0.1, 0.15) is 12.3 Å². The zero-order valence-corrected chi connectivity index (χ0v) is 14.7. The van der Waals surface area contributed by atoms with Crippen molar-refractivity contribution in [2.24, 2.45) is 5.10 Å². The van der Waals surface area contributed by atoms with E-state index in [1.807, 2.05) is 53.9 Å². The second-order valence-electron chi connectivity index (χ2n) is 5.77. The predicted octanol–water partition coefficient (Wildman–Crippen LogP) is 2.68. The van der Waals surface area contributed by atoms with Crippen molar-refractivity contribution < 1.29 is 14.3 Å². The number of nitrogens with zero attached hydrogens (tertiary/aromatic N) is 3. The number of rotatable bonds is 4. The number of halogens is 1. The molecule has 7 nitrogen and oxygen atoms in total. The number of carbonyl (C=O) groups excluding carboxylic acids is 1. The number of pyridine rings is 1. The van der Waals surface area contributed by atoms with Crippen LogP contribution in [0.4, 0.5) is 0 Å². The molecular formula is C18H15ClN4O3. The van der Waals surface area contributed by atoms with Gasteiger partial charge in [-0.05, 0) is 36.8 Å². The van der Waals surface area contributed by atoms with Gasteiger partial charge in [-0.2, -0.15) is 0 Å². The number of benzene rings is 1. The number of hydrogen-bond acceptors (Lipinski definition) is 5. The molecule has 0 saturated carbocycles. The van der Waals surface area contributed by atoms with Crippen LogP contribution in [-0.4, -0.2) is 27.8 Å². The van der Waals surface area contributed by atoms with E-state index in [-0.39, 0.29) is 12.5 Å². The van der Waals surface area contributed by atoms with Crippen molar-refractivity contribution >= 4 is 29.1 Å². The SMILES string of the molecule is Cc1nc2c(OCc3ccc(Cl)cc3)cccn2c1C1=NNC(=O)CO1. The Hall–Kier alpha value is -3.06. The average molecular weight is 371 g/mol. The summed E-state index contributed by atoms with van der Waals surface area (Å²) in [6.45, 7) is 2.18. The van der Waals surface area contributed by atoms with Crippen LogP contribution in [0.25, 0.3) is 5.65 Å². The van der Waals surface area contributed by atoms with E-state index in [1.165, 1.54) is 0 Å². The van der Waals surface area contributed by atoms with Gasteiger partial charge in [0.25, 0.3) is 11.8 Å². The Morgan fingerprint density at radius 2 is 2.12 bits per heavy atom. The molecule has 0 fully saturated rings. The fourth-order valence-corrected chi connectivity index (χ4v) is 2.83. The number of amides is 1. The number of nitrogens with one attached hydrogen (secondary N) is 1. The third-order valence-corrected chi connectivity index (χ3v) is 4.17. The van der Waals surface area contributed by atoms with Crippen LogP contribution in [0.2, 0.25) is 5.02 Å². The van der Waals surface area contributed by atoms with Gasteiger partial charge < -0.3 is 9.47 Å². The van der Waals surface area contributed by atoms with Crippen molar-refractivity contribution in [3.63, 3.8) is 0 Å². The fourth-order valence-electron chi connectivity index (χ4n) is 2.70. The van der Waals surface area contributed by atoms with Gasteiger partial charge in [-0.1, -0.05) is 23.7 Å². The Bertz CT molecular complexity index is 1010. The number of ether oxygens (including phenoxy) is 2. The largest absolute Gasteiger partial charge is 0.485 e. The summed E-state index contributed by atoms with van der Waals surface area (Å²) >= 11 is 5.91. The molecule has 3 heterocycles. The molecule has 0 saturated heterocycles. The molecule has 2 aromatic heterocycles. The monoisotopic (exact) mass is 370 g/mol. The number of aromatic nitrogens is 2. The van der Waals surface area contributed by atoms with Gasteiger partial charge >= 0.3 is 0 Å². The Morgan fingerprint density at radius 1 is 1.31 bits per heavy atom. The highest BCUT2D eigenvalue weighted by Crippen LogP contribution is 2.24. The Morgan fingerprint density at radius 3 is 2.85 bits per heavy atom. The van der Waals surface area contributed by atoms with E-state index in [2.05, 4.69) is 15.5 Å². The van der Waals surface area contributed by atoms with E-state index in [1.54, 1.807) is 0 Å². The number of aryl methyl sites for hydroxylation is 1. The van der Waals surface area contributed by atoms with Crippen LogP contribution in [0.3, 0.4) is 0 Å². The fraction of sp³-hybridized carbons (Fsp3) is 0.167. The van der Waals surface area contributed by atoms with Crippen molar-refractivity contribution in [2.45, 2.75) is 13.5 Å².